The molecule has 2 atom stereocenters. The molecule has 14 heteroatoms. The number of esters is 2. The third kappa shape index (κ3) is 18.7. The van der Waals surface area contributed by atoms with Crippen molar-refractivity contribution in [3.8, 4) is 0 Å². The molecular formula is C24H37F6NO7. The predicted octanol–water partition coefficient (Wildman–Crippen LogP) is 5.62. The SMILES string of the molecule is CCCCCCC(CCC(CCCCCCCC(=O)NCC(=O)O)OC(=O)C(F)(F)F)OC(=O)C(F)(F)F. The van der Waals surface area contributed by atoms with Crippen molar-refractivity contribution in [1.82, 2.24) is 5.32 Å². The number of alkyl halides is 6. The molecule has 0 aliphatic carbocycles. The Bertz CT molecular complexity index is 728. The van der Waals surface area contributed by atoms with E-state index in [-0.39, 0.29) is 32.1 Å². The summed E-state index contributed by atoms with van der Waals surface area (Å²) in [6.07, 6.45) is -7.63. The lowest BCUT2D eigenvalue weighted by molar-refractivity contribution is -0.208. The molecule has 0 rings (SSSR count). The Hall–Kier alpha value is -2.54. The first-order chi connectivity index (χ1) is 17.7. The van der Waals surface area contributed by atoms with Crippen molar-refractivity contribution in [1.29, 1.82) is 0 Å². The van der Waals surface area contributed by atoms with Gasteiger partial charge >= 0.3 is 30.3 Å². The molecule has 0 radical (unpaired) electrons. The van der Waals surface area contributed by atoms with Gasteiger partial charge in [0.25, 0.3) is 0 Å². The molecule has 0 heterocycles. The number of hydrogen-bond donors (Lipinski definition) is 2. The van der Waals surface area contributed by atoms with Gasteiger partial charge in [-0.15, -0.1) is 0 Å². The largest absolute Gasteiger partial charge is 0.490 e. The summed E-state index contributed by atoms with van der Waals surface area (Å²) in [5.41, 5.74) is 0. The van der Waals surface area contributed by atoms with Crippen molar-refractivity contribution in [2.24, 2.45) is 0 Å². The highest BCUT2D eigenvalue weighted by atomic mass is 19.4. The third-order valence-corrected chi connectivity index (χ3v) is 5.57. The Morgan fingerprint density at radius 2 is 1.11 bits per heavy atom. The molecule has 0 aromatic rings. The van der Waals surface area contributed by atoms with Crippen LogP contribution in [0, 0.1) is 0 Å². The summed E-state index contributed by atoms with van der Waals surface area (Å²) in [5.74, 6) is -6.36. The van der Waals surface area contributed by atoms with Crippen molar-refractivity contribution >= 4 is 23.8 Å². The molecule has 0 aromatic heterocycles. The number of unbranched alkanes of at least 4 members (excludes halogenated alkanes) is 7. The molecule has 2 N–H and O–H groups in total. The molecule has 222 valence electrons. The summed E-state index contributed by atoms with van der Waals surface area (Å²) >= 11 is 0. The fourth-order valence-electron chi connectivity index (χ4n) is 3.58. The normalized spacial score (nSPS) is 13.4. The first-order valence-electron chi connectivity index (χ1n) is 12.7. The van der Waals surface area contributed by atoms with E-state index in [4.69, 9.17) is 5.11 Å². The van der Waals surface area contributed by atoms with E-state index in [2.05, 4.69) is 14.8 Å². The molecule has 0 aliphatic heterocycles. The molecule has 8 nitrogen and oxygen atoms in total. The van der Waals surface area contributed by atoms with Crippen LogP contribution in [0.4, 0.5) is 26.3 Å². The Balaban J connectivity index is 4.81. The van der Waals surface area contributed by atoms with E-state index in [1.54, 1.807) is 0 Å². The van der Waals surface area contributed by atoms with Crippen LogP contribution in [0.3, 0.4) is 0 Å². The maximum Gasteiger partial charge on any atom is 0.490 e. The van der Waals surface area contributed by atoms with E-state index < -0.39 is 54.9 Å². The van der Waals surface area contributed by atoms with Crippen LogP contribution in [-0.4, -0.2) is 60.0 Å². The van der Waals surface area contributed by atoms with Crippen molar-refractivity contribution in [2.45, 2.75) is 121 Å². The Morgan fingerprint density at radius 3 is 1.53 bits per heavy atom. The van der Waals surface area contributed by atoms with E-state index >= 15 is 0 Å². The first kappa shape index (κ1) is 35.5. The average molecular weight is 566 g/mol. The molecule has 1 amide bonds. The van der Waals surface area contributed by atoms with Gasteiger partial charge in [0.15, 0.2) is 0 Å². The number of amides is 1. The van der Waals surface area contributed by atoms with Gasteiger partial charge in [0.2, 0.25) is 5.91 Å². The summed E-state index contributed by atoms with van der Waals surface area (Å²) in [6, 6.07) is 0. The van der Waals surface area contributed by atoms with Crippen LogP contribution < -0.4 is 5.32 Å². The molecule has 2 unspecified atom stereocenters. The number of nitrogens with one attached hydrogen (secondary N) is 1. The van der Waals surface area contributed by atoms with Crippen LogP contribution in [0.1, 0.15) is 96.8 Å². The van der Waals surface area contributed by atoms with Gasteiger partial charge in [-0.05, 0) is 44.9 Å². The number of carboxylic acids is 1. The predicted molar refractivity (Wildman–Crippen MR) is 123 cm³/mol. The van der Waals surface area contributed by atoms with Gasteiger partial charge in [-0.3, -0.25) is 9.59 Å². The van der Waals surface area contributed by atoms with Crippen molar-refractivity contribution < 1.29 is 60.1 Å². The first-order valence-corrected chi connectivity index (χ1v) is 12.7. The molecule has 0 saturated carbocycles. The molecule has 0 saturated heterocycles. The summed E-state index contributed by atoms with van der Waals surface area (Å²) in [7, 11) is 0. The summed E-state index contributed by atoms with van der Waals surface area (Å²) in [6.45, 7) is 1.45. The number of carbonyl (C=O) groups excluding carboxylic acids is 3. The number of rotatable bonds is 20. The Morgan fingerprint density at radius 1 is 0.684 bits per heavy atom. The highest BCUT2D eigenvalue weighted by molar-refractivity contribution is 5.81. The average Bonchev–Trinajstić information content (AvgIpc) is 2.81. The van der Waals surface area contributed by atoms with Crippen molar-refractivity contribution in [3.05, 3.63) is 0 Å². The fourth-order valence-corrected chi connectivity index (χ4v) is 3.58. The van der Waals surface area contributed by atoms with Crippen LogP contribution in [0.5, 0.6) is 0 Å². The molecule has 0 aliphatic rings. The van der Waals surface area contributed by atoms with Gasteiger partial charge in [0.05, 0.1) is 0 Å². The van der Waals surface area contributed by atoms with E-state index in [0.29, 0.717) is 44.9 Å². The lowest BCUT2D eigenvalue weighted by atomic mass is 10.00. The van der Waals surface area contributed by atoms with E-state index in [9.17, 15) is 45.5 Å². The smallest absolute Gasteiger partial charge is 0.480 e. The summed E-state index contributed by atoms with van der Waals surface area (Å²) in [4.78, 5) is 44.5. The van der Waals surface area contributed by atoms with Crippen LogP contribution >= 0.6 is 0 Å². The second-order valence-electron chi connectivity index (χ2n) is 8.95. The van der Waals surface area contributed by atoms with Gasteiger partial charge in [-0.1, -0.05) is 45.4 Å². The van der Waals surface area contributed by atoms with Crippen molar-refractivity contribution in [2.75, 3.05) is 6.54 Å². The number of aliphatic carboxylic acids is 1. The number of halogens is 6. The highest BCUT2D eigenvalue weighted by Crippen LogP contribution is 2.25. The Kier molecular flexibility index (Phi) is 17.4. The zero-order valence-corrected chi connectivity index (χ0v) is 21.4. The minimum absolute atomic E-state index is 0.0245. The lowest BCUT2D eigenvalue weighted by Crippen LogP contribution is -2.32. The van der Waals surface area contributed by atoms with Gasteiger partial charge < -0.3 is 19.9 Å². The maximum atomic E-state index is 12.7. The molecule has 0 aromatic carbocycles. The molecule has 0 bridgehead atoms. The minimum atomic E-state index is -5.23. The monoisotopic (exact) mass is 565 g/mol. The lowest BCUT2D eigenvalue weighted by Gasteiger charge is -2.23. The standard InChI is InChI=1S/C24H37F6NO7/c1-2-3-4-8-11-17(37-21(35)23(25,26)27)14-15-18(38-22(36)24(28,29)30)12-9-6-5-7-10-13-19(32)31-16-20(33)34/h17-18H,2-16H2,1H3,(H,31,32)(H,33,34). The number of carboxylic acid groups (broad SMARTS) is 1. The zero-order valence-electron chi connectivity index (χ0n) is 21.4. The topological polar surface area (TPSA) is 119 Å². The number of carbonyl (C=O) groups is 4. The molecule has 0 spiro atoms. The van der Waals surface area contributed by atoms with Gasteiger partial charge in [-0.25, -0.2) is 9.59 Å². The van der Waals surface area contributed by atoms with Crippen LogP contribution in [0.2, 0.25) is 0 Å². The van der Waals surface area contributed by atoms with Gasteiger partial charge in [0, 0.05) is 6.42 Å². The van der Waals surface area contributed by atoms with Gasteiger partial charge in [-0.2, -0.15) is 26.3 Å². The maximum absolute atomic E-state index is 12.7. The van der Waals surface area contributed by atoms with E-state index in [1.807, 2.05) is 6.92 Å². The minimum Gasteiger partial charge on any atom is -0.480 e. The fraction of sp³-hybridized carbons (Fsp3) is 0.833. The summed E-state index contributed by atoms with van der Waals surface area (Å²) < 4.78 is 85.2. The molecular weight excluding hydrogens is 528 g/mol. The molecule has 0 fully saturated rings. The van der Waals surface area contributed by atoms with Crippen LogP contribution in [0.15, 0.2) is 0 Å². The van der Waals surface area contributed by atoms with Gasteiger partial charge in [0.1, 0.15) is 18.8 Å². The Labute approximate surface area is 217 Å². The number of ether oxygens (including phenoxy) is 2. The molecule has 38 heavy (non-hydrogen) atoms. The second kappa shape index (κ2) is 18.7. The van der Waals surface area contributed by atoms with Crippen LogP contribution in [-0.2, 0) is 28.7 Å². The highest BCUT2D eigenvalue weighted by Gasteiger charge is 2.43. The third-order valence-electron chi connectivity index (χ3n) is 5.57. The van der Waals surface area contributed by atoms with E-state index in [0.717, 1.165) is 12.8 Å². The van der Waals surface area contributed by atoms with E-state index in [1.165, 1.54) is 0 Å². The number of hydrogen-bond acceptors (Lipinski definition) is 6. The second-order valence-corrected chi connectivity index (χ2v) is 8.95. The van der Waals surface area contributed by atoms with Crippen LogP contribution in [0.25, 0.3) is 0 Å². The quantitative estimate of drug-likeness (QED) is 0.112. The zero-order chi connectivity index (χ0) is 29.2. The van der Waals surface area contributed by atoms with Crippen molar-refractivity contribution in [3.63, 3.8) is 0 Å². The summed E-state index contributed by atoms with van der Waals surface area (Å²) in [5, 5.41) is 10.7.